The summed E-state index contributed by atoms with van der Waals surface area (Å²) < 4.78 is 19.9. The molecule has 0 saturated carbocycles. The van der Waals surface area contributed by atoms with Gasteiger partial charge in [-0.15, -0.1) is 0 Å². The molecule has 3 atom stereocenters. The summed E-state index contributed by atoms with van der Waals surface area (Å²) in [5.74, 6) is -4.14. The molecule has 0 radical (unpaired) electrons. The SMILES string of the molecule is CO[Si](CCCC1CC(=O)OC1=O)(CCCC1CC(=O)OC1=O)CCCC1CC(=O)OC1=O. The average molecular weight is 483 g/mol. The summed E-state index contributed by atoms with van der Waals surface area (Å²) in [5.41, 5.74) is 0. The van der Waals surface area contributed by atoms with E-state index in [-0.39, 0.29) is 19.3 Å². The monoisotopic (exact) mass is 482 g/mol. The van der Waals surface area contributed by atoms with Crippen LogP contribution in [0.1, 0.15) is 57.8 Å². The first-order chi connectivity index (χ1) is 15.7. The van der Waals surface area contributed by atoms with E-state index in [1.165, 1.54) is 0 Å². The Bertz CT molecular complexity index is 719. The molecule has 0 aromatic rings. The fourth-order valence-corrected chi connectivity index (χ4v) is 8.83. The maximum atomic E-state index is 11.8. The first-order valence-corrected chi connectivity index (χ1v) is 14.0. The van der Waals surface area contributed by atoms with Crippen LogP contribution in [-0.4, -0.2) is 51.2 Å². The lowest BCUT2D eigenvalue weighted by molar-refractivity contribution is -0.154. The highest BCUT2D eigenvalue weighted by Crippen LogP contribution is 2.34. The van der Waals surface area contributed by atoms with E-state index in [9.17, 15) is 28.8 Å². The molecular formula is C22H30O10Si. The summed E-state index contributed by atoms with van der Waals surface area (Å²) in [5, 5.41) is 0. The van der Waals surface area contributed by atoms with Crippen LogP contribution in [0.25, 0.3) is 0 Å². The molecule has 11 heteroatoms. The van der Waals surface area contributed by atoms with Crippen LogP contribution >= 0.6 is 0 Å². The molecule has 182 valence electrons. The van der Waals surface area contributed by atoms with Gasteiger partial charge in [0.15, 0.2) is 8.32 Å². The number of ether oxygens (including phenoxy) is 3. The van der Waals surface area contributed by atoms with Gasteiger partial charge in [-0.1, -0.05) is 19.3 Å². The van der Waals surface area contributed by atoms with Crippen molar-refractivity contribution in [2.75, 3.05) is 7.11 Å². The van der Waals surface area contributed by atoms with Crippen molar-refractivity contribution >= 4 is 44.1 Å². The maximum absolute atomic E-state index is 11.8. The van der Waals surface area contributed by atoms with Crippen LogP contribution in [0.3, 0.4) is 0 Å². The van der Waals surface area contributed by atoms with Crippen molar-refractivity contribution in [2.24, 2.45) is 17.8 Å². The van der Waals surface area contributed by atoms with Gasteiger partial charge < -0.3 is 18.6 Å². The van der Waals surface area contributed by atoms with Gasteiger partial charge in [0.1, 0.15) is 0 Å². The summed E-state index contributed by atoms with van der Waals surface area (Å²) in [6, 6.07) is 2.26. The van der Waals surface area contributed by atoms with Crippen molar-refractivity contribution in [2.45, 2.75) is 75.9 Å². The normalized spacial score (nSPS) is 27.0. The third-order valence-corrected chi connectivity index (χ3v) is 11.5. The van der Waals surface area contributed by atoms with Crippen molar-refractivity contribution in [1.29, 1.82) is 0 Å². The summed E-state index contributed by atoms with van der Waals surface area (Å²) >= 11 is 0. The van der Waals surface area contributed by atoms with Gasteiger partial charge in [-0.05, 0) is 37.4 Å². The van der Waals surface area contributed by atoms with Gasteiger partial charge >= 0.3 is 35.8 Å². The Balaban J connectivity index is 1.54. The third kappa shape index (κ3) is 6.79. The molecule has 3 aliphatic rings. The molecule has 33 heavy (non-hydrogen) atoms. The number of rotatable bonds is 13. The van der Waals surface area contributed by atoms with Crippen LogP contribution in [0.15, 0.2) is 0 Å². The van der Waals surface area contributed by atoms with Crippen LogP contribution in [0.5, 0.6) is 0 Å². The summed E-state index contributed by atoms with van der Waals surface area (Å²) in [4.78, 5) is 69.3. The molecule has 0 aromatic heterocycles. The second-order valence-electron chi connectivity index (χ2n) is 9.15. The lowest BCUT2D eigenvalue weighted by Crippen LogP contribution is -2.37. The molecule has 3 rings (SSSR count). The summed E-state index contributed by atoms with van der Waals surface area (Å²) in [6.45, 7) is 0. The highest BCUT2D eigenvalue weighted by molar-refractivity contribution is 6.73. The fourth-order valence-electron chi connectivity index (χ4n) is 4.92. The van der Waals surface area contributed by atoms with Gasteiger partial charge in [0, 0.05) is 7.11 Å². The molecule has 3 fully saturated rings. The largest absolute Gasteiger partial charge is 0.420 e. The summed E-state index contributed by atoms with van der Waals surface area (Å²) in [7, 11) is -0.647. The van der Waals surface area contributed by atoms with E-state index in [1.54, 1.807) is 7.11 Å². The van der Waals surface area contributed by atoms with E-state index < -0.39 is 61.9 Å². The van der Waals surface area contributed by atoms with E-state index in [0.29, 0.717) is 38.5 Å². The molecule has 0 aromatic carbocycles. The van der Waals surface area contributed by atoms with Crippen LogP contribution in [0, 0.1) is 17.8 Å². The first kappa shape index (κ1) is 25.2. The minimum absolute atomic E-state index is 0.107. The Hall–Kier alpha value is -2.40. The number of hydrogen-bond donors (Lipinski definition) is 0. The second kappa shape index (κ2) is 11.1. The molecule has 3 heterocycles. The van der Waals surface area contributed by atoms with E-state index >= 15 is 0 Å². The van der Waals surface area contributed by atoms with Crippen molar-refractivity contribution in [3.8, 4) is 0 Å². The van der Waals surface area contributed by atoms with Gasteiger partial charge in [0.2, 0.25) is 0 Å². The lowest BCUT2D eigenvalue weighted by atomic mass is 10.0. The van der Waals surface area contributed by atoms with Crippen LogP contribution in [0.4, 0.5) is 0 Å². The zero-order chi connectivity index (χ0) is 24.0. The molecule has 0 amide bonds. The number of carbonyl (C=O) groups excluding carboxylic acids is 6. The van der Waals surface area contributed by atoms with Gasteiger partial charge in [-0.3, -0.25) is 28.8 Å². The van der Waals surface area contributed by atoms with Crippen molar-refractivity contribution in [3.63, 3.8) is 0 Å². The highest BCUT2D eigenvalue weighted by atomic mass is 28.4. The predicted molar refractivity (Wildman–Crippen MR) is 113 cm³/mol. The molecule has 3 saturated heterocycles. The smallest absolute Gasteiger partial charge is 0.317 e. The van der Waals surface area contributed by atoms with Gasteiger partial charge in [0.25, 0.3) is 0 Å². The number of carbonyl (C=O) groups is 6. The minimum atomic E-state index is -2.31. The van der Waals surface area contributed by atoms with Crippen molar-refractivity contribution in [1.82, 2.24) is 0 Å². The molecule has 0 bridgehead atoms. The molecule has 0 N–H and O–H groups in total. The highest BCUT2D eigenvalue weighted by Gasteiger charge is 2.39. The zero-order valence-electron chi connectivity index (χ0n) is 18.8. The first-order valence-electron chi connectivity index (χ1n) is 11.5. The molecule has 10 nitrogen and oxygen atoms in total. The van der Waals surface area contributed by atoms with E-state index in [4.69, 9.17) is 4.43 Å². The molecule has 0 spiro atoms. The predicted octanol–water partition coefficient (Wildman–Crippen LogP) is 2.19. The second-order valence-corrected chi connectivity index (χ2v) is 13.4. The number of cyclic esters (lactones) is 6. The van der Waals surface area contributed by atoms with Gasteiger partial charge in [-0.2, -0.15) is 0 Å². The molecule has 0 aliphatic carbocycles. The zero-order valence-corrected chi connectivity index (χ0v) is 19.8. The van der Waals surface area contributed by atoms with Crippen molar-refractivity contribution in [3.05, 3.63) is 0 Å². The average Bonchev–Trinajstić information content (AvgIpc) is 3.36. The van der Waals surface area contributed by atoms with Crippen LogP contribution < -0.4 is 0 Å². The van der Waals surface area contributed by atoms with Gasteiger partial charge in [-0.25, -0.2) is 0 Å². The Morgan fingerprint density at radius 1 is 0.636 bits per heavy atom. The Morgan fingerprint density at radius 3 is 1.15 bits per heavy atom. The number of hydrogen-bond acceptors (Lipinski definition) is 10. The maximum Gasteiger partial charge on any atom is 0.317 e. The van der Waals surface area contributed by atoms with Crippen LogP contribution in [-0.2, 0) is 47.4 Å². The fraction of sp³-hybridized carbons (Fsp3) is 0.727. The molecular weight excluding hydrogens is 452 g/mol. The number of esters is 6. The van der Waals surface area contributed by atoms with E-state index in [1.807, 2.05) is 0 Å². The lowest BCUT2D eigenvalue weighted by Gasteiger charge is -2.31. The minimum Gasteiger partial charge on any atom is -0.420 e. The summed E-state index contributed by atoms with van der Waals surface area (Å²) in [6.07, 6.45) is 4.02. The Morgan fingerprint density at radius 2 is 0.939 bits per heavy atom. The Kier molecular flexibility index (Phi) is 8.52. The molecule has 3 aliphatic heterocycles. The molecule has 3 unspecified atom stereocenters. The van der Waals surface area contributed by atoms with Gasteiger partial charge in [0.05, 0.1) is 37.0 Å². The standard InChI is InChI=1S/C22H30O10Si/c1-29-33(8-2-5-14-11-17(23)30-20(14)26,9-3-6-15-12-18(24)31-21(15)27)10-4-7-16-13-19(25)32-22(16)28/h14-16H,2-13H2,1H3. The topological polar surface area (TPSA) is 139 Å². The quantitative estimate of drug-likeness (QED) is 0.166. The van der Waals surface area contributed by atoms with E-state index in [2.05, 4.69) is 14.2 Å². The van der Waals surface area contributed by atoms with E-state index in [0.717, 1.165) is 18.1 Å². The van der Waals surface area contributed by atoms with Crippen molar-refractivity contribution < 1.29 is 47.4 Å². The third-order valence-electron chi connectivity index (χ3n) is 6.87. The Labute approximate surface area is 192 Å². The van der Waals surface area contributed by atoms with Crippen LogP contribution in [0.2, 0.25) is 18.1 Å².